The molecule has 0 unspecified atom stereocenters. The van der Waals surface area contributed by atoms with Crippen molar-refractivity contribution in [2.24, 2.45) is 0 Å². The molecule has 17 rings (SSSR count). The molecule has 314 valence electrons. The summed E-state index contributed by atoms with van der Waals surface area (Å²) < 4.78 is 0. The Labute approximate surface area is 393 Å². The molecule has 69 heavy (non-hydrogen) atoms. The second-order valence-corrected chi connectivity index (χ2v) is 19.2. The summed E-state index contributed by atoms with van der Waals surface area (Å²) in [6.07, 6.45) is 0. The predicted octanol–water partition coefficient (Wildman–Crippen LogP) is 17.4. The van der Waals surface area contributed by atoms with Crippen LogP contribution < -0.4 is 4.90 Å². The Morgan fingerprint density at radius 2 is 0.551 bits per heavy atom. The van der Waals surface area contributed by atoms with Gasteiger partial charge in [0, 0.05) is 16.5 Å². The van der Waals surface area contributed by atoms with Crippen LogP contribution in [0.1, 0.15) is 20.7 Å². The second-order valence-electron chi connectivity index (χ2n) is 19.2. The number of anilines is 1. The van der Waals surface area contributed by atoms with Crippen LogP contribution in [-0.4, -0.2) is 11.8 Å². The molecule has 0 atom stereocenters. The number of benzene rings is 14. The summed E-state index contributed by atoms with van der Waals surface area (Å²) in [5, 5.41) is 29.1. The highest BCUT2D eigenvalue weighted by Gasteiger charge is 2.36. The highest BCUT2D eigenvalue weighted by Crippen LogP contribution is 2.58. The first-order chi connectivity index (χ1) is 34.1. The Morgan fingerprint density at radius 1 is 0.232 bits per heavy atom. The monoisotopic (exact) mass is 871 g/mol. The number of carbonyl (C=O) groups excluding carboxylic acids is 2. The first kappa shape index (κ1) is 36.0. The van der Waals surface area contributed by atoms with E-state index in [9.17, 15) is 9.59 Å². The lowest BCUT2D eigenvalue weighted by Gasteiger charge is -2.28. The summed E-state index contributed by atoms with van der Waals surface area (Å²) in [6.45, 7) is 0. The molecule has 0 saturated heterocycles. The standard InChI is InChI=1S/C66H33NO2/c68-65-50-32-28-44-40-24-22-38-42-26-30-48-59-49(31-27-43(57(42)59)39-23-25-41(56(40)55(38)39)45-29-33-51(60(50)58(44)45)66(69)67(65)37-18-8-3-9-19-37)64-54(36-14-6-2-7-15-36)62-47-21-11-17-34-16-10-20-46(52(34)47)61(62)53(63(48)64)35-12-4-1-5-13-35/h1-33H. The maximum Gasteiger partial charge on any atom is 0.265 e. The normalized spacial score (nSPS) is 13.5. The SMILES string of the molecule is O=C1c2ccc3c4ccc5c6ccc7c8c(-c9ccccc9)c9c%10cccc%11cccc(c9c(-c9ccccc9)c8c8ccc(c9ccc(c%12ccc(c2c3%12)C(=O)N1c1ccccc1)c4c59)c6c78)c%11%10. The minimum atomic E-state index is -0.292. The summed E-state index contributed by atoms with van der Waals surface area (Å²) in [4.78, 5) is 29.9. The van der Waals surface area contributed by atoms with Gasteiger partial charge in [0.1, 0.15) is 0 Å². The lowest BCUT2D eigenvalue weighted by Crippen LogP contribution is -2.40. The predicted molar refractivity (Wildman–Crippen MR) is 290 cm³/mol. The van der Waals surface area contributed by atoms with Crippen molar-refractivity contribution in [3.63, 3.8) is 0 Å². The zero-order valence-electron chi connectivity index (χ0n) is 36.8. The molecule has 3 nitrogen and oxygen atoms in total. The van der Waals surface area contributed by atoms with Crippen LogP contribution in [0.25, 0.3) is 152 Å². The third-order valence-corrected chi connectivity index (χ3v) is 16.1. The Kier molecular flexibility index (Phi) is 6.48. The van der Waals surface area contributed by atoms with E-state index in [1.807, 2.05) is 42.5 Å². The average Bonchev–Trinajstić information content (AvgIpc) is 3.92. The Balaban J connectivity index is 1.02. The Hall–Kier alpha value is -9.18. The molecular formula is C66H33NO2. The molecule has 16 aromatic rings. The topological polar surface area (TPSA) is 37.4 Å². The van der Waals surface area contributed by atoms with Gasteiger partial charge in [0.15, 0.2) is 0 Å². The maximum atomic E-state index is 14.3. The highest BCUT2D eigenvalue weighted by atomic mass is 16.2. The van der Waals surface area contributed by atoms with Gasteiger partial charge in [-0.3, -0.25) is 9.59 Å². The number of hydrogen-bond acceptors (Lipinski definition) is 2. The second kappa shape index (κ2) is 12.4. The first-order valence-electron chi connectivity index (χ1n) is 23.8. The first-order valence-corrected chi connectivity index (χ1v) is 23.8. The van der Waals surface area contributed by atoms with Gasteiger partial charge in [-0.15, -0.1) is 0 Å². The summed E-state index contributed by atoms with van der Waals surface area (Å²) in [7, 11) is 0. The summed E-state index contributed by atoms with van der Waals surface area (Å²) in [5.41, 5.74) is 6.71. The van der Waals surface area contributed by atoms with E-state index >= 15 is 0 Å². The number of amides is 2. The van der Waals surface area contributed by atoms with Crippen molar-refractivity contribution in [1.29, 1.82) is 0 Å². The molecule has 0 aromatic heterocycles. The molecule has 1 aliphatic rings. The van der Waals surface area contributed by atoms with Crippen molar-refractivity contribution in [2.75, 3.05) is 4.90 Å². The van der Waals surface area contributed by atoms with E-state index in [1.165, 1.54) is 124 Å². The molecule has 0 aliphatic carbocycles. The van der Waals surface area contributed by atoms with Crippen LogP contribution in [0, 0.1) is 0 Å². The van der Waals surface area contributed by atoms with E-state index in [0.29, 0.717) is 16.8 Å². The number of hydrogen-bond donors (Lipinski definition) is 0. The van der Waals surface area contributed by atoms with E-state index in [4.69, 9.17) is 0 Å². The van der Waals surface area contributed by atoms with Crippen LogP contribution in [0.4, 0.5) is 5.69 Å². The molecule has 0 fully saturated rings. The molecule has 0 radical (unpaired) electrons. The number of para-hydroxylation sites is 1. The third-order valence-electron chi connectivity index (χ3n) is 16.1. The van der Waals surface area contributed by atoms with Crippen LogP contribution in [0.2, 0.25) is 0 Å². The van der Waals surface area contributed by atoms with Crippen molar-refractivity contribution in [1.82, 2.24) is 0 Å². The van der Waals surface area contributed by atoms with Gasteiger partial charge in [0.05, 0.1) is 5.69 Å². The zero-order valence-corrected chi connectivity index (χ0v) is 36.8. The van der Waals surface area contributed by atoms with Gasteiger partial charge in [-0.1, -0.05) is 176 Å². The van der Waals surface area contributed by atoms with Gasteiger partial charge in [-0.05, 0) is 170 Å². The van der Waals surface area contributed by atoms with Crippen LogP contribution in [-0.2, 0) is 0 Å². The van der Waals surface area contributed by atoms with Gasteiger partial charge in [-0.25, -0.2) is 4.90 Å². The smallest absolute Gasteiger partial charge is 0.265 e. The number of imide groups is 1. The fourth-order valence-electron chi connectivity index (χ4n) is 13.6. The minimum absolute atomic E-state index is 0.292. The van der Waals surface area contributed by atoms with Gasteiger partial charge >= 0.3 is 0 Å². The largest absolute Gasteiger partial charge is 0.268 e. The maximum absolute atomic E-state index is 14.3. The number of carbonyl (C=O) groups is 2. The van der Waals surface area contributed by atoms with Crippen molar-refractivity contribution in [3.05, 3.63) is 211 Å². The van der Waals surface area contributed by atoms with Crippen molar-refractivity contribution in [3.8, 4) is 22.3 Å². The molecule has 16 aromatic carbocycles. The van der Waals surface area contributed by atoms with Gasteiger partial charge in [0.2, 0.25) is 0 Å². The van der Waals surface area contributed by atoms with E-state index < -0.39 is 0 Å². The summed E-state index contributed by atoms with van der Waals surface area (Å²) >= 11 is 0. The van der Waals surface area contributed by atoms with Crippen molar-refractivity contribution in [2.45, 2.75) is 0 Å². The van der Waals surface area contributed by atoms with Crippen LogP contribution in [0.3, 0.4) is 0 Å². The molecule has 3 heteroatoms. The van der Waals surface area contributed by atoms with Crippen LogP contribution in [0.15, 0.2) is 200 Å². The summed E-state index contributed by atoms with van der Waals surface area (Å²) in [6, 6.07) is 71.9. The molecule has 0 bridgehead atoms. The Bertz CT molecular complexity index is 4680. The minimum Gasteiger partial charge on any atom is -0.268 e. The summed E-state index contributed by atoms with van der Waals surface area (Å²) in [5.74, 6) is -0.583. The van der Waals surface area contributed by atoms with Crippen molar-refractivity contribution >= 4 is 147 Å². The fraction of sp³-hybridized carbons (Fsp3) is 0. The van der Waals surface area contributed by atoms with E-state index in [2.05, 4.69) is 158 Å². The van der Waals surface area contributed by atoms with Crippen LogP contribution >= 0.6 is 0 Å². The van der Waals surface area contributed by atoms with Gasteiger partial charge in [0.25, 0.3) is 11.8 Å². The molecule has 0 saturated carbocycles. The molecule has 0 N–H and O–H groups in total. The molecule has 2 amide bonds. The lowest BCUT2D eigenvalue weighted by molar-refractivity contribution is 0.0893. The fourth-order valence-corrected chi connectivity index (χ4v) is 13.6. The number of fused-ring (bicyclic) bond motifs is 10. The molecule has 1 heterocycles. The van der Waals surface area contributed by atoms with Gasteiger partial charge < -0.3 is 0 Å². The number of nitrogens with zero attached hydrogens (tertiary/aromatic N) is 1. The zero-order chi connectivity index (χ0) is 45.0. The number of rotatable bonds is 3. The van der Waals surface area contributed by atoms with Gasteiger partial charge in [-0.2, -0.15) is 0 Å². The quantitative estimate of drug-likeness (QED) is 0.101. The average molecular weight is 872 g/mol. The van der Waals surface area contributed by atoms with E-state index in [0.717, 1.165) is 32.3 Å². The van der Waals surface area contributed by atoms with E-state index in [1.54, 1.807) is 0 Å². The Morgan fingerprint density at radius 3 is 0.957 bits per heavy atom. The molecule has 0 spiro atoms. The van der Waals surface area contributed by atoms with E-state index in [-0.39, 0.29) is 11.8 Å². The molecular weight excluding hydrogens is 839 g/mol. The van der Waals surface area contributed by atoms with Crippen molar-refractivity contribution < 1.29 is 9.59 Å². The molecule has 1 aliphatic heterocycles. The van der Waals surface area contributed by atoms with Crippen LogP contribution in [0.5, 0.6) is 0 Å². The highest BCUT2D eigenvalue weighted by molar-refractivity contribution is 6.51. The third kappa shape index (κ3) is 4.19. The lowest BCUT2D eigenvalue weighted by atomic mass is 9.81.